The number of aromatic nitrogens is 2. The smallest absolute Gasteiger partial charge is 0.415 e. The highest BCUT2D eigenvalue weighted by Crippen LogP contribution is 2.55. The number of allylic oxidation sites excluding steroid dienone is 1. The van der Waals surface area contributed by atoms with E-state index < -0.39 is 22.6 Å². The molecule has 2 N–H and O–H groups in total. The number of benzene rings is 1. The van der Waals surface area contributed by atoms with Crippen molar-refractivity contribution in [2.45, 2.75) is 16.7 Å². The zero-order chi connectivity index (χ0) is 19.7. The van der Waals surface area contributed by atoms with E-state index in [4.69, 9.17) is 22.1 Å². The molecule has 1 aliphatic carbocycles. The Kier molecular flexibility index (Phi) is 4.69. The molecule has 0 saturated carbocycles. The predicted molar refractivity (Wildman–Crippen MR) is 91.6 cm³/mol. The van der Waals surface area contributed by atoms with Crippen molar-refractivity contribution >= 4 is 17.6 Å². The van der Waals surface area contributed by atoms with Gasteiger partial charge < -0.3 is 10.5 Å². The predicted octanol–water partition coefficient (Wildman–Crippen LogP) is 3.48. The molecule has 1 aromatic carbocycles. The molecule has 140 valence electrons. The molecule has 1 aromatic heterocycles. The molecule has 0 radical (unpaired) electrons. The Morgan fingerprint density at radius 2 is 1.89 bits per heavy atom. The van der Waals surface area contributed by atoms with Crippen LogP contribution >= 0.6 is 11.6 Å². The van der Waals surface area contributed by atoms with Crippen LogP contribution < -0.4 is 5.73 Å². The number of nitrogens with zero attached hydrogens (tertiary/aromatic N) is 2. The van der Waals surface area contributed by atoms with E-state index in [0.29, 0.717) is 6.08 Å². The van der Waals surface area contributed by atoms with Gasteiger partial charge in [0.05, 0.1) is 6.20 Å². The van der Waals surface area contributed by atoms with Gasteiger partial charge in [-0.2, -0.15) is 13.2 Å². The lowest BCUT2D eigenvalue weighted by Gasteiger charge is -2.45. The molecule has 0 spiro atoms. The first kappa shape index (κ1) is 18.9. The zero-order valence-corrected chi connectivity index (χ0v) is 14.4. The molecule has 5 nitrogen and oxygen atoms in total. The third kappa shape index (κ3) is 3.16. The highest BCUT2D eigenvalue weighted by Gasteiger charge is 2.68. The van der Waals surface area contributed by atoms with E-state index in [-0.39, 0.29) is 17.0 Å². The maximum Gasteiger partial charge on any atom is 0.415 e. The number of ether oxygens (including phenoxy) is 1. The van der Waals surface area contributed by atoms with Gasteiger partial charge in [0.15, 0.2) is 11.3 Å². The van der Waals surface area contributed by atoms with Crippen LogP contribution in [0, 0.1) is 0 Å². The van der Waals surface area contributed by atoms with Crippen LogP contribution in [0.3, 0.4) is 0 Å². The van der Waals surface area contributed by atoms with Crippen LogP contribution in [0.25, 0.3) is 0 Å². The summed E-state index contributed by atoms with van der Waals surface area (Å²) < 4.78 is 47.5. The minimum absolute atomic E-state index is 0.0227. The number of alkyl halides is 4. The summed E-state index contributed by atoms with van der Waals surface area (Å²) in [6.45, 7) is 0. The van der Waals surface area contributed by atoms with Gasteiger partial charge in [0.1, 0.15) is 0 Å². The van der Waals surface area contributed by atoms with Gasteiger partial charge in [0.25, 0.3) is 0 Å². The maximum absolute atomic E-state index is 14.0. The normalized spacial score (nSPS) is 25.0. The molecule has 3 rings (SSSR count). The van der Waals surface area contributed by atoms with E-state index in [0.717, 1.165) is 12.3 Å². The molecular weight excluding hydrogens is 383 g/mol. The number of carbonyl (C=O) groups is 1. The van der Waals surface area contributed by atoms with E-state index in [1.165, 1.54) is 42.7 Å². The highest BCUT2D eigenvalue weighted by atomic mass is 35.5. The number of nitrogens with two attached hydrogens (primary N) is 1. The number of carbonyl (C=O) groups excluding carboxylic acids is 1. The Balaban J connectivity index is 2.20. The van der Waals surface area contributed by atoms with E-state index in [1.54, 1.807) is 6.07 Å². The molecule has 0 fully saturated rings. The first-order valence-electron chi connectivity index (χ1n) is 7.68. The molecule has 2 unspecified atom stereocenters. The summed E-state index contributed by atoms with van der Waals surface area (Å²) in [5.41, 5.74) is 2.74. The molecule has 0 saturated heterocycles. The fourth-order valence-electron chi connectivity index (χ4n) is 2.77. The molecule has 0 bridgehead atoms. The Labute approximate surface area is 157 Å². The SMILES string of the molecule is NC1=CC(Cl)(C(F)(F)F)C(OC(=O)c2cnccn2)(c2ccccc2)C=C1. The first-order valence-corrected chi connectivity index (χ1v) is 8.05. The minimum Gasteiger partial charge on any atom is -0.442 e. The summed E-state index contributed by atoms with van der Waals surface area (Å²) in [4.78, 5) is 16.9. The van der Waals surface area contributed by atoms with Crippen molar-refractivity contribution in [3.8, 4) is 0 Å². The number of hydrogen-bond acceptors (Lipinski definition) is 5. The molecule has 0 amide bonds. The van der Waals surface area contributed by atoms with Crippen molar-refractivity contribution < 1.29 is 22.7 Å². The lowest BCUT2D eigenvalue weighted by atomic mass is 9.76. The fourth-order valence-corrected chi connectivity index (χ4v) is 3.11. The van der Waals surface area contributed by atoms with E-state index >= 15 is 0 Å². The number of rotatable bonds is 3. The average molecular weight is 396 g/mol. The first-order chi connectivity index (χ1) is 12.7. The second-order valence-electron chi connectivity index (χ2n) is 5.77. The Morgan fingerprint density at radius 1 is 1.19 bits per heavy atom. The average Bonchev–Trinajstić information content (AvgIpc) is 2.64. The summed E-state index contributed by atoms with van der Waals surface area (Å²) in [6.07, 6.45) is 1.50. The molecule has 0 aliphatic heterocycles. The number of esters is 1. The van der Waals surface area contributed by atoms with Gasteiger partial charge in [-0.05, 0) is 18.2 Å². The lowest BCUT2D eigenvalue weighted by molar-refractivity contribution is -0.190. The Bertz CT molecular complexity index is 903. The molecule has 1 heterocycles. The van der Waals surface area contributed by atoms with Crippen LogP contribution in [0.1, 0.15) is 16.1 Å². The van der Waals surface area contributed by atoms with Crippen LogP contribution in [0.2, 0.25) is 0 Å². The monoisotopic (exact) mass is 395 g/mol. The number of hydrogen-bond donors (Lipinski definition) is 1. The van der Waals surface area contributed by atoms with E-state index in [2.05, 4.69) is 9.97 Å². The molecule has 2 aromatic rings. The Morgan fingerprint density at radius 3 is 2.48 bits per heavy atom. The Hall–Kier alpha value is -2.87. The van der Waals surface area contributed by atoms with Gasteiger partial charge in [0, 0.05) is 23.7 Å². The van der Waals surface area contributed by atoms with Gasteiger partial charge in [-0.3, -0.25) is 4.98 Å². The lowest BCUT2D eigenvalue weighted by Crippen LogP contribution is -2.58. The second kappa shape index (κ2) is 6.70. The largest absolute Gasteiger partial charge is 0.442 e. The highest BCUT2D eigenvalue weighted by molar-refractivity contribution is 6.27. The summed E-state index contributed by atoms with van der Waals surface area (Å²) >= 11 is 6.09. The quantitative estimate of drug-likeness (QED) is 0.636. The van der Waals surface area contributed by atoms with Crippen molar-refractivity contribution in [1.29, 1.82) is 0 Å². The molecular formula is C18H13ClF3N3O2. The second-order valence-corrected chi connectivity index (χ2v) is 6.37. The van der Waals surface area contributed by atoms with Gasteiger partial charge in [0.2, 0.25) is 4.87 Å². The molecule has 1 aliphatic rings. The van der Waals surface area contributed by atoms with Crippen molar-refractivity contribution in [1.82, 2.24) is 9.97 Å². The van der Waals surface area contributed by atoms with Crippen LogP contribution in [0.5, 0.6) is 0 Å². The summed E-state index contributed by atoms with van der Waals surface area (Å²) in [5, 5.41) is 0. The fraction of sp³-hybridized carbons (Fsp3) is 0.167. The van der Waals surface area contributed by atoms with Crippen molar-refractivity contribution in [3.63, 3.8) is 0 Å². The molecule has 27 heavy (non-hydrogen) atoms. The van der Waals surface area contributed by atoms with Crippen LogP contribution in [0.15, 0.2) is 72.8 Å². The summed E-state index contributed by atoms with van der Waals surface area (Å²) in [5.74, 6) is -1.11. The summed E-state index contributed by atoms with van der Waals surface area (Å²) in [6, 6.07) is 7.40. The zero-order valence-electron chi connectivity index (χ0n) is 13.7. The number of halogens is 4. The van der Waals surface area contributed by atoms with E-state index in [1.807, 2.05) is 0 Å². The van der Waals surface area contributed by atoms with Crippen molar-refractivity contribution in [2.75, 3.05) is 0 Å². The van der Waals surface area contributed by atoms with Crippen LogP contribution in [-0.2, 0) is 10.3 Å². The van der Waals surface area contributed by atoms with Crippen molar-refractivity contribution in [2.24, 2.45) is 5.73 Å². The van der Waals surface area contributed by atoms with Gasteiger partial charge in [-0.15, -0.1) is 0 Å². The molecule has 2 atom stereocenters. The molecule has 9 heteroatoms. The van der Waals surface area contributed by atoms with Gasteiger partial charge in [-0.25, -0.2) is 9.78 Å². The summed E-state index contributed by atoms with van der Waals surface area (Å²) in [7, 11) is 0. The van der Waals surface area contributed by atoms with Gasteiger partial charge in [-0.1, -0.05) is 41.9 Å². The van der Waals surface area contributed by atoms with Crippen LogP contribution in [-0.4, -0.2) is 27.0 Å². The minimum atomic E-state index is -5.00. The van der Waals surface area contributed by atoms with Gasteiger partial charge >= 0.3 is 12.1 Å². The topological polar surface area (TPSA) is 78.1 Å². The third-order valence-corrected chi connectivity index (χ3v) is 4.66. The van der Waals surface area contributed by atoms with Crippen molar-refractivity contribution in [3.05, 3.63) is 84.1 Å². The van der Waals surface area contributed by atoms with E-state index in [9.17, 15) is 18.0 Å². The third-order valence-electron chi connectivity index (χ3n) is 4.06. The maximum atomic E-state index is 14.0. The van der Waals surface area contributed by atoms with Crippen LogP contribution in [0.4, 0.5) is 13.2 Å². The standard InChI is InChI=1S/C18H13ClF3N3O2/c19-17(18(20,21)22)10-13(23)6-7-16(17,12-4-2-1-3-5-12)27-15(26)14-11-24-8-9-25-14/h1-11H,23H2.